The number of carbonyl (C=O) groups is 1. The van der Waals surface area contributed by atoms with Crippen molar-refractivity contribution < 1.29 is 9.53 Å². The van der Waals surface area contributed by atoms with E-state index >= 15 is 0 Å². The van der Waals surface area contributed by atoms with Gasteiger partial charge in [0.2, 0.25) is 5.96 Å². The first-order valence-electron chi connectivity index (χ1n) is 12.3. The molecule has 0 aromatic heterocycles. The molecule has 1 amide bonds. The van der Waals surface area contributed by atoms with Gasteiger partial charge in [-0.3, -0.25) is 20.0 Å². The molecule has 1 fully saturated rings. The number of amides is 1. The standard InChI is InChI=1S/C26H34IN7O2/c27-23-17-21(8-9-24(23)29)25(35)30-11-12-32-26(33-19-28)31-10-5-15-36-22-7-4-6-20(16-22)18-34-13-2-1-3-14-34/h4,6-9,16-17H,1-3,5,10-15,18,29H2,(H,30,35)(H2,31,32,33). The molecule has 0 atom stereocenters. The van der Waals surface area contributed by atoms with E-state index in [9.17, 15) is 4.79 Å². The molecule has 1 saturated heterocycles. The van der Waals surface area contributed by atoms with Crippen LogP contribution in [-0.2, 0) is 6.54 Å². The number of nitrogens with zero attached hydrogens (tertiary/aromatic N) is 3. The van der Waals surface area contributed by atoms with Crippen LogP contribution in [0, 0.1) is 15.0 Å². The molecule has 0 aliphatic carbocycles. The summed E-state index contributed by atoms with van der Waals surface area (Å²) in [7, 11) is 0. The molecular formula is C26H34IN7O2. The summed E-state index contributed by atoms with van der Waals surface area (Å²) in [6.07, 6.45) is 6.50. The second-order valence-corrected chi connectivity index (χ2v) is 9.73. The van der Waals surface area contributed by atoms with E-state index in [1.807, 2.05) is 18.3 Å². The molecule has 192 valence electrons. The molecular weight excluding hydrogens is 569 g/mol. The second-order valence-electron chi connectivity index (χ2n) is 8.57. The number of guanidine groups is 1. The van der Waals surface area contributed by atoms with Gasteiger partial charge >= 0.3 is 0 Å². The fourth-order valence-corrected chi connectivity index (χ4v) is 4.39. The zero-order chi connectivity index (χ0) is 25.6. The predicted molar refractivity (Wildman–Crippen MR) is 151 cm³/mol. The van der Waals surface area contributed by atoms with E-state index < -0.39 is 0 Å². The quantitative estimate of drug-likeness (QED) is 0.0592. The van der Waals surface area contributed by atoms with E-state index in [-0.39, 0.29) is 5.91 Å². The first kappa shape index (κ1) is 27.5. The molecule has 0 spiro atoms. The van der Waals surface area contributed by atoms with Gasteiger partial charge in [-0.15, -0.1) is 0 Å². The highest BCUT2D eigenvalue weighted by Gasteiger charge is 2.11. The van der Waals surface area contributed by atoms with Crippen molar-refractivity contribution in [3.8, 4) is 11.9 Å². The Hall–Kier alpha value is -3.04. The highest BCUT2D eigenvalue weighted by Crippen LogP contribution is 2.18. The molecule has 3 rings (SSSR count). The van der Waals surface area contributed by atoms with Crippen LogP contribution in [0.2, 0.25) is 0 Å². The van der Waals surface area contributed by atoms with Gasteiger partial charge in [0.1, 0.15) is 5.75 Å². The summed E-state index contributed by atoms with van der Waals surface area (Å²) in [4.78, 5) is 19.2. The SMILES string of the molecule is N#CNC(=NCCCOc1cccc(CN2CCCCC2)c1)NCCNC(=O)c1ccc(N)c(I)c1. The monoisotopic (exact) mass is 603 g/mol. The van der Waals surface area contributed by atoms with Crippen LogP contribution in [0.25, 0.3) is 0 Å². The number of nitrogens with one attached hydrogen (secondary N) is 3. The number of anilines is 1. The largest absolute Gasteiger partial charge is 0.494 e. The number of rotatable bonds is 11. The third-order valence-electron chi connectivity index (χ3n) is 5.73. The van der Waals surface area contributed by atoms with E-state index in [1.165, 1.54) is 37.9 Å². The summed E-state index contributed by atoms with van der Waals surface area (Å²) in [6.45, 7) is 5.15. The van der Waals surface area contributed by atoms with Crippen molar-refractivity contribution >= 4 is 40.1 Å². The Balaban J connectivity index is 1.35. The fourth-order valence-electron chi connectivity index (χ4n) is 3.87. The first-order valence-corrected chi connectivity index (χ1v) is 13.3. The topological polar surface area (TPSA) is 128 Å². The number of hydrogen-bond donors (Lipinski definition) is 4. The molecule has 1 heterocycles. The number of nitrogens with two attached hydrogens (primary N) is 1. The maximum Gasteiger partial charge on any atom is 0.251 e. The van der Waals surface area contributed by atoms with E-state index in [0.29, 0.717) is 49.9 Å². The number of aliphatic imine (C=N–C) groups is 1. The maximum atomic E-state index is 12.3. The minimum atomic E-state index is -0.182. The molecule has 9 nitrogen and oxygen atoms in total. The second kappa shape index (κ2) is 15.2. The van der Waals surface area contributed by atoms with Crippen molar-refractivity contribution in [1.82, 2.24) is 20.9 Å². The summed E-state index contributed by atoms with van der Waals surface area (Å²) in [5.41, 5.74) is 8.26. The average Bonchev–Trinajstić information content (AvgIpc) is 2.88. The van der Waals surface area contributed by atoms with Crippen molar-refractivity contribution in [1.29, 1.82) is 5.26 Å². The Morgan fingerprint density at radius 2 is 1.94 bits per heavy atom. The van der Waals surface area contributed by atoms with Crippen molar-refractivity contribution in [2.75, 3.05) is 45.1 Å². The summed E-state index contributed by atoms with van der Waals surface area (Å²) < 4.78 is 6.74. The van der Waals surface area contributed by atoms with Crippen LogP contribution in [0.1, 0.15) is 41.6 Å². The van der Waals surface area contributed by atoms with Gasteiger partial charge in [0, 0.05) is 47.4 Å². The zero-order valence-corrected chi connectivity index (χ0v) is 22.6. The average molecular weight is 604 g/mol. The van der Waals surface area contributed by atoms with Crippen LogP contribution >= 0.6 is 22.6 Å². The highest BCUT2D eigenvalue weighted by molar-refractivity contribution is 14.1. The first-order chi connectivity index (χ1) is 17.5. The number of likely N-dealkylation sites (tertiary alicyclic amines) is 1. The van der Waals surface area contributed by atoms with Crippen LogP contribution < -0.4 is 26.4 Å². The van der Waals surface area contributed by atoms with Crippen LogP contribution in [-0.4, -0.2) is 56.1 Å². The van der Waals surface area contributed by atoms with E-state index in [4.69, 9.17) is 15.7 Å². The number of nitriles is 1. The van der Waals surface area contributed by atoms with Crippen molar-refractivity contribution in [2.45, 2.75) is 32.2 Å². The van der Waals surface area contributed by atoms with Crippen molar-refractivity contribution in [3.63, 3.8) is 0 Å². The van der Waals surface area contributed by atoms with E-state index in [2.05, 4.69) is 60.6 Å². The Morgan fingerprint density at radius 1 is 1.14 bits per heavy atom. The molecule has 1 aliphatic heterocycles. The van der Waals surface area contributed by atoms with Crippen LogP contribution in [0.4, 0.5) is 5.69 Å². The lowest BCUT2D eigenvalue weighted by Gasteiger charge is -2.26. The molecule has 5 N–H and O–H groups in total. The van der Waals surface area contributed by atoms with Crippen LogP contribution in [0.3, 0.4) is 0 Å². The zero-order valence-electron chi connectivity index (χ0n) is 20.4. The van der Waals surface area contributed by atoms with Gasteiger partial charge in [0.15, 0.2) is 6.19 Å². The third kappa shape index (κ3) is 9.54. The molecule has 0 unspecified atom stereocenters. The van der Waals surface area contributed by atoms with Crippen molar-refractivity contribution in [2.24, 2.45) is 4.99 Å². The number of piperidine rings is 1. The number of carbonyl (C=O) groups excluding carboxylic acids is 1. The van der Waals surface area contributed by atoms with E-state index in [0.717, 1.165) is 15.9 Å². The highest BCUT2D eigenvalue weighted by atomic mass is 127. The van der Waals surface area contributed by atoms with E-state index in [1.54, 1.807) is 18.2 Å². The molecule has 0 bridgehead atoms. The molecule has 0 saturated carbocycles. The Morgan fingerprint density at radius 3 is 2.72 bits per heavy atom. The molecule has 36 heavy (non-hydrogen) atoms. The smallest absolute Gasteiger partial charge is 0.251 e. The maximum absolute atomic E-state index is 12.3. The lowest BCUT2D eigenvalue weighted by atomic mass is 10.1. The van der Waals surface area contributed by atoms with Gasteiger partial charge in [-0.05, 0) is 84.4 Å². The number of nitrogen functional groups attached to an aromatic ring is 1. The molecule has 10 heteroatoms. The normalized spacial score (nSPS) is 14.1. The summed E-state index contributed by atoms with van der Waals surface area (Å²) in [5, 5.41) is 17.4. The molecule has 1 aliphatic rings. The predicted octanol–water partition coefficient (Wildman–Crippen LogP) is 3.07. The van der Waals surface area contributed by atoms with Crippen LogP contribution in [0.5, 0.6) is 5.75 Å². The number of halogens is 1. The summed E-state index contributed by atoms with van der Waals surface area (Å²) in [6, 6.07) is 13.4. The summed E-state index contributed by atoms with van der Waals surface area (Å²) >= 11 is 2.10. The number of hydrogen-bond acceptors (Lipinski definition) is 6. The lowest BCUT2D eigenvalue weighted by molar-refractivity contribution is 0.0954. The third-order valence-corrected chi connectivity index (χ3v) is 6.67. The fraction of sp³-hybridized carbons (Fsp3) is 0.423. The molecule has 0 radical (unpaired) electrons. The van der Waals surface area contributed by atoms with Gasteiger partial charge in [-0.2, -0.15) is 5.26 Å². The van der Waals surface area contributed by atoms with Gasteiger partial charge in [0.05, 0.1) is 6.61 Å². The Kier molecular flexibility index (Phi) is 11.6. The van der Waals surface area contributed by atoms with Gasteiger partial charge in [0.25, 0.3) is 5.91 Å². The lowest BCUT2D eigenvalue weighted by Crippen LogP contribution is -2.40. The Bertz CT molecular complexity index is 1060. The number of ether oxygens (including phenoxy) is 1. The number of benzene rings is 2. The Labute approximate surface area is 226 Å². The van der Waals surface area contributed by atoms with Crippen molar-refractivity contribution in [3.05, 3.63) is 57.2 Å². The van der Waals surface area contributed by atoms with Crippen LogP contribution in [0.15, 0.2) is 47.5 Å². The van der Waals surface area contributed by atoms with Gasteiger partial charge in [-0.25, -0.2) is 0 Å². The molecule has 2 aromatic rings. The minimum absolute atomic E-state index is 0.182. The van der Waals surface area contributed by atoms with Gasteiger partial charge < -0.3 is 21.1 Å². The molecule has 2 aromatic carbocycles. The van der Waals surface area contributed by atoms with Gasteiger partial charge in [-0.1, -0.05) is 18.6 Å². The summed E-state index contributed by atoms with van der Waals surface area (Å²) in [5.74, 6) is 1.06. The minimum Gasteiger partial charge on any atom is -0.494 e.